The SMILES string of the molecule is CCOc1cc(OCC)c(CC(C)CC(C)N)cc1Cl. The van der Waals surface area contributed by atoms with Crippen molar-refractivity contribution in [2.24, 2.45) is 11.7 Å². The van der Waals surface area contributed by atoms with E-state index < -0.39 is 0 Å². The average molecular weight is 300 g/mol. The molecule has 0 aliphatic carbocycles. The van der Waals surface area contributed by atoms with Gasteiger partial charge in [0.25, 0.3) is 0 Å². The van der Waals surface area contributed by atoms with Crippen LogP contribution in [0.3, 0.4) is 0 Å². The van der Waals surface area contributed by atoms with Crippen LogP contribution in [0.1, 0.15) is 39.7 Å². The Labute approximate surface area is 127 Å². The number of rotatable bonds is 8. The third kappa shape index (κ3) is 5.22. The van der Waals surface area contributed by atoms with Gasteiger partial charge in [-0.3, -0.25) is 0 Å². The Morgan fingerprint density at radius 2 is 1.70 bits per heavy atom. The molecule has 0 aromatic heterocycles. The van der Waals surface area contributed by atoms with Gasteiger partial charge in [0.2, 0.25) is 0 Å². The highest BCUT2D eigenvalue weighted by atomic mass is 35.5. The van der Waals surface area contributed by atoms with Gasteiger partial charge in [-0.1, -0.05) is 18.5 Å². The predicted octanol–water partition coefficient (Wildman–Crippen LogP) is 4.05. The number of nitrogens with two attached hydrogens (primary N) is 1. The maximum absolute atomic E-state index is 6.26. The highest BCUT2D eigenvalue weighted by Crippen LogP contribution is 2.34. The van der Waals surface area contributed by atoms with Gasteiger partial charge >= 0.3 is 0 Å². The van der Waals surface area contributed by atoms with E-state index in [0.29, 0.717) is 29.9 Å². The molecule has 2 N–H and O–H groups in total. The number of halogens is 1. The van der Waals surface area contributed by atoms with Gasteiger partial charge in [0.15, 0.2) is 0 Å². The summed E-state index contributed by atoms with van der Waals surface area (Å²) in [7, 11) is 0. The van der Waals surface area contributed by atoms with E-state index in [1.807, 2.05) is 32.9 Å². The standard InChI is InChI=1S/C16H26ClNO2/c1-5-19-15-10-16(20-6-2)14(17)9-13(15)8-11(3)7-12(4)18/h9-12H,5-8,18H2,1-4H3. The Morgan fingerprint density at radius 3 is 2.25 bits per heavy atom. The molecule has 1 aromatic carbocycles. The van der Waals surface area contributed by atoms with Crippen molar-refractivity contribution < 1.29 is 9.47 Å². The molecule has 1 rings (SSSR count). The Bertz CT molecular complexity index is 421. The van der Waals surface area contributed by atoms with Crippen LogP contribution in [-0.4, -0.2) is 19.3 Å². The van der Waals surface area contributed by atoms with Crippen LogP contribution in [0.4, 0.5) is 0 Å². The highest BCUT2D eigenvalue weighted by molar-refractivity contribution is 6.32. The zero-order chi connectivity index (χ0) is 15.1. The van der Waals surface area contributed by atoms with Crippen molar-refractivity contribution in [3.63, 3.8) is 0 Å². The summed E-state index contributed by atoms with van der Waals surface area (Å²) < 4.78 is 11.2. The van der Waals surface area contributed by atoms with E-state index in [1.165, 1.54) is 0 Å². The van der Waals surface area contributed by atoms with Crippen molar-refractivity contribution >= 4 is 11.6 Å². The van der Waals surface area contributed by atoms with E-state index >= 15 is 0 Å². The summed E-state index contributed by atoms with van der Waals surface area (Å²) in [5.74, 6) is 2.03. The van der Waals surface area contributed by atoms with Gasteiger partial charge in [-0.25, -0.2) is 0 Å². The van der Waals surface area contributed by atoms with Crippen LogP contribution in [0.5, 0.6) is 11.5 Å². The predicted molar refractivity (Wildman–Crippen MR) is 84.9 cm³/mol. The molecular weight excluding hydrogens is 274 g/mol. The van der Waals surface area contributed by atoms with E-state index in [0.717, 1.165) is 24.2 Å². The highest BCUT2D eigenvalue weighted by Gasteiger charge is 2.14. The zero-order valence-corrected chi connectivity index (χ0v) is 13.7. The maximum atomic E-state index is 6.26. The van der Waals surface area contributed by atoms with Crippen molar-refractivity contribution in [1.82, 2.24) is 0 Å². The fourth-order valence-electron chi connectivity index (χ4n) is 2.38. The van der Waals surface area contributed by atoms with Gasteiger partial charge in [-0.2, -0.15) is 0 Å². The second-order valence-corrected chi connectivity index (χ2v) is 5.69. The molecule has 2 unspecified atom stereocenters. The summed E-state index contributed by atoms with van der Waals surface area (Å²) in [5.41, 5.74) is 6.98. The molecular formula is C16H26ClNO2. The largest absolute Gasteiger partial charge is 0.493 e. The molecule has 0 saturated heterocycles. The van der Waals surface area contributed by atoms with Crippen LogP contribution in [-0.2, 0) is 6.42 Å². The summed E-state index contributed by atoms with van der Waals surface area (Å²) in [4.78, 5) is 0. The summed E-state index contributed by atoms with van der Waals surface area (Å²) in [6, 6.07) is 4.05. The lowest BCUT2D eigenvalue weighted by Gasteiger charge is -2.18. The third-order valence-corrected chi connectivity index (χ3v) is 3.35. The van der Waals surface area contributed by atoms with Crippen LogP contribution in [0.15, 0.2) is 12.1 Å². The van der Waals surface area contributed by atoms with Gasteiger partial charge in [0, 0.05) is 12.1 Å². The first-order valence-corrected chi connectivity index (χ1v) is 7.69. The molecule has 1 aromatic rings. The van der Waals surface area contributed by atoms with Gasteiger partial charge in [-0.05, 0) is 51.2 Å². The lowest BCUT2D eigenvalue weighted by Crippen LogP contribution is -2.19. The van der Waals surface area contributed by atoms with E-state index in [1.54, 1.807) is 0 Å². The van der Waals surface area contributed by atoms with E-state index in [-0.39, 0.29) is 6.04 Å². The number of hydrogen-bond donors (Lipinski definition) is 1. The Morgan fingerprint density at radius 1 is 1.10 bits per heavy atom. The summed E-state index contributed by atoms with van der Waals surface area (Å²) in [5, 5.41) is 0.637. The fraction of sp³-hybridized carbons (Fsp3) is 0.625. The lowest BCUT2D eigenvalue weighted by atomic mass is 9.94. The number of ether oxygens (including phenoxy) is 2. The molecule has 0 aliphatic rings. The molecule has 114 valence electrons. The second-order valence-electron chi connectivity index (χ2n) is 5.28. The van der Waals surface area contributed by atoms with Gasteiger partial charge < -0.3 is 15.2 Å². The molecule has 20 heavy (non-hydrogen) atoms. The minimum atomic E-state index is 0.207. The minimum absolute atomic E-state index is 0.207. The maximum Gasteiger partial charge on any atom is 0.141 e. The first-order valence-electron chi connectivity index (χ1n) is 7.31. The Balaban J connectivity index is 2.95. The molecule has 0 saturated carbocycles. The average Bonchev–Trinajstić information content (AvgIpc) is 2.34. The molecule has 0 heterocycles. The van der Waals surface area contributed by atoms with E-state index in [4.69, 9.17) is 26.8 Å². The zero-order valence-electron chi connectivity index (χ0n) is 12.9. The molecule has 0 amide bonds. The number of hydrogen-bond acceptors (Lipinski definition) is 3. The van der Waals surface area contributed by atoms with Crippen LogP contribution >= 0.6 is 11.6 Å². The van der Waals surface area contributed by atoms with Crippen LogP contribution in [0.2, 0.25) is 5.02 Å². The molecule has 0 radical (unpaired) electrons. The smallest absolute Gasteiger partial charge is 0.141 e. The molecule has 0 fully saturated rings. The molecule has 0 spiro atoms. The topological polar surface area (TPSA) is 44.5 Å². The van der Waals surface area contributed by atoms with Crippen molar-refractivity contribution in [2.75, 3.05) is 13.2 Å². The van der Waals surface area contributed by atoms with E-state index in [9.17, 15) is 0 Å². The third-order valence-electron chi connectivity index (χ3n) is 3.06. The molecule has 4 heteroatoms. The van der Waals surface area contributed by atoms with E-state index in [2.05, 4.69) is 6.92 Å². The Kier molecular flexibility index (Phi) is 7.17. The van der Waals surface area contributed by atoms with Gasteiger partial charge in [-0.15, -0.1) is 0 Å². The van der Waals surface area contributed by atoms with Crippen molar-refractivity contribution in [3.05, 3.63) is 22.7 Å². The summed E-state index contributed by atoms with van der Waals surface area (Å²) >= 11 is 6.26. The van der Waals surface area contributed by atoms with Crippen LogP contribution in [0.25, 0.3) is 0 Å². The summed E-state index contributed by atoms with van der Waals surface area (Å²) in [6.45, 7) is 9.36. The minimum Gasteiger partial charge on any atom is -0.493 e. The number of benzene rings is 1. The van der Waals surface area contributed by atoms with Crippen LogP contribution < -0.4 is 15.2 Å². The normalized spacial score (nSPS) is 13.9. The molecule has 2 atom stereocenters. The van der Waals surface area contributed by atoms with Gasteiger partial charge in [0.1, 0.15) is 11.5 Å². The van der Waals surface area contributed by atoms with Crippen LogP contribution in [0, 0.1) is 5.92 Å². The molecule has 0 bridgehead atoms. The van der Waals surface area contributed by atoms with Gasteiger partial charge in [0.05, 0.1) is 18.2 Å². The molecule has 0 aliphatic heterocycles. The van der Waals surface area contributed by atoms with Crippen molar-refractivity contribution in [3.8, 4) is 11.5 Å². The van der Waals surface area contributed by atoms with Crippen molar-refractivity contribution in [2.45, 2.75) is 46.6 Å². The summed E-state index contributed by atoms with van der Waals surface area (Å²) in [6.07, 6.45) is 1.89. The fourth-order valence-corrected chi connectivity index (χ4v) is 2.63. The first-order chi connectivity index (χ1) is 9.47. The lowest BCUT2D eigenvalue weighted by molar-refractivity contribution is 0.319. The second kappa shape index (κ2) is 8.38. The molecule has 3 nitrogen and oxygen atoms in total. The first kappa shape index (κ1) is 17.1. The van der Waals surface area contributed by atoms with Crippen molar-refractivity contribution in [1.29, 1.82) is 0 Å². The monoisotopic (exact) mass is 299 g/mol. The Hall–Kier alpha value is -0.930. The quantitative estimate of drug-likeness (QED) is 0.787.